The monoisotopic (exact) mass is 308 g/mol. The SMILES string of the molecule is FC(F)(F)c1cc(NCCC2CC2)nc(-c2cccnc2)n1. The van der Waals surface area contributed by atoms with E-state index in [4.69, 9.17) is 0 Å². The molecule has 3 rings (SSSR count). The zero-order valence-electron chi connectivity index (χ0n) is 11.8. The summed E-state index contributed by atoms with van der Waals surface area (Å²) in [6.07, 6.45) is 1.86. The summed E-state index contributed by atoms with van der Waals surface area (Å²) in [5, 5.41) is 2.97. The van der Waals surface area contributed by atoms with E-state index in [-0.39, 0.29) is 11.6 Å². The van der Waals surface area contributed by atoms with E-state index in [0.29, 0.717) is 18.0 Å². The summed E-state index contributed by atoms with van der Waals surface area (Å²) in [5.74, 6) is 0.924. The molecule has 0 saturated heterocycles. The highest BCUT2D eigenvalue weighted by molar-refractivity contribution is 5.56. The summed E-state index contributed by atoms with van der Waals surface area (Å²) in [6, 6.07) is 4.22. The summed E-state index contributed by atoms with van der Waals surface area (Å²) in [4.78, 5) is 11.7. The predicted molar refractivity (Wildman–Crippen MR) is 76.1 cm³/mol. The fourth-order valence-electron chi connectivity index (χ4n) is 2.12. The third-order valence-corrected chi connectivity index (χ3v) is 3.49. The summed E-state index contributed by atoms with van der Waals surface area (Å²) in [6.45, 7) is 0.617. The Kier molecular flexibility index (Phi) is 3.96. The first-order chi connectivity index (χ1) is 10.5. The van der Waals surface area contributed by atoms with E-state index >= 15 is 0 Å². The molecule has 1 N–H and O–H groups in total. The zero-order chi connectivity index (χ0) is 15.6. The normalized spacial score (nSPS) is 14.9. The minimum absolute atomic E-state index is 0.0249. The highest BCUT2D eigenvalue weighted by Crippen LogP contribution is 2.33. The third kappa shape index (κ3) is 3.72. The highest BCUT2D eigenvalue weighted by Gasteiger charge is 2.34. The number of pyridine rings is 1. The Hall–Kier alpha value is -2.18. The Morgan fingerprint density at radius 1 is 1.23 bits per heavy atom. The Labute approximate surface area is 125 Å². The van der Waals surface area contributed by atoms with Crippen molar-refractivity contribution in [3.05, 3.63) is 36.3 Å². The molecule has 0 aliphatic heterocycles. The van der Waals surface area contributed by atoms with Crippen molar-refractivity contribution in [3.8, 4) is 11.4 Å². The molecule has 116 valence electrons. The molecule has 0 spiro atoms. The molecule has 0 bridgehead atoms. The van der Waals surface area contributed by atoms with Gasteiger partial charge in [-0.25, -0.2) is 9.97 Å². The quantitative estimate of drug-likeness (QED) is 0.913. The van der Waals surface area contributed by atoms with Crippen LogP contribution in [0.5, 0.6) is 0 Å². The maximum atomic E-state index is 13.0. The lowest BCUT2D eigenvalue weighted by molar-refractivity contribution is -0.141. The molecular weight excluding hydrogens is 293 g/mol. The van der Waals surface area contributed by atoms with Gasteiger partial charge >= 0.3 is 6.18 Å². The van der Waals surface area contributed by atoms with Crippen molar-refractivity contribution in [2.24, 2.45) is 5.92 Å². The van der Waals surface area contributed by atoms with Crippen molar-refractivity contribution >= 4 is 5.82 Å². The molecule has 1 fully saturated rings. The molecule has 2 aromatic heterocycles. The first kappa shape index (κ1) is 14.7. The average Bonchev–Trinajstić information content (AvgIpc) is 3.31. The van der Waals surface area contributed by atoms with Crippen LogP contribution in [0.15, 0.2) is 30.6 Å². The van der Waals surface area contributed by atoms with E-state index in [2.05, 4.69) is 20.3 Å². The van der Waals surface area contributed by atoms with Crippen molar-refractivity contribution in [1.29, 1.82) is 0 Å². The second-order valence-corrected chi connectivity index (χ2v) is 5.36. The van der Waals surface area contributed by atoms with Crippen molar-refractivity contribution in [2.45, 2.75) is 25.4 Å². The molecule has 4 nitrogen and oxygen atoms in total. The number of nitrogens with one attached hydrogen (secondary N) is 1. The molecule has 22 heavy (non-hydrogen) atoms. The van der Waals surface area contributed by atoms with Crippen molar-refractivity contribution in [3.63, 3.8) is 0 Å². The lowest BCUT2D eigenvalue weighted by Gasteiger charge is -2.11. The molecule has 2 aromatic rings. The first-order valence-electron chi connectivity index (χ1n) is 7.13. The van der Waals surface area contributed by atoms with Crippen LogP contribution in [0, 0.1) is 5.92 Å². The van der Waals surface area contributed by atoms with Crippen molar-refractivity contribution in [2.75, 3.05) is 11.9 Å². The Morgan fingerprint density at radius 2 is 2.05 bits per heavy atom. The van der Waals surface area contributed by atoms with Gasteiger partial charge in [-0.15, -0.1) is 0 Å². The van der Waals surface area contributed by atoms with Crippen LogP contribution in [-0.2, 0) is 6.18 Å². The van der Waals surface area contributed by atoms with Crippen LogP contribution in [0.25, 0.3) is 11.4 Å². The molecule has 0 radical (unpaired) electrons. The number of halogens is 3. The van der Waals surface area contributed by atoms with Gasteiger partial charge in [0.05, 0.1) is 0 Å². The van der Waals surface area contributed by atoms with Crippen LogP contribution >= 0.6 is 0 Å². The average molecular weight is 308 g/mol. The number of hydrogen-bond donors (Lipinski definition) is 1. The summed E-state index contributed by atoms with van der Waals surface area (Å²) < 4.78 is 39.0. The number of alkyl halides is 3. The lowest BCUT2D eigenvalue weighted by Crippen LogP contribution is -2.12. The molecule has 1 saturated carbocycles. The van der Waals surface area contributed by atoms with Gasteiger partial charge in [0.25, 0.3) is 0 Å². The lowest BCUT2D eigenvalue weighted by atomic mass is 10.2. The van der Waals surface area contributed by atoms with Crippen LogP contribution in [0.2, 0.25) is 0 Å². The molecular formula is C15H15F3N4. The van der Waals surface area contributed by atoms with Gasteiger partial charge < -0.3 is 5.32 Å². The zero-order valence-corrected chi connectivity index (χ0v) is 11.8. The molecule has 0 aromatic carbocycles. The van der Waals surface area contributed by atoms with Gasteiger partial charge in [0.2, 0.25) is 0 Å². The minimum atomic E-state index is -4.51. The van der Waals surface area contributed by atoms with E-state index in [1.165, 1.54) is 19.0 Å². The number of aromatic nitrogens is 3. The molecule has 2 heterocycles. The predicted octanol–water partition coefficient (Wildman–Crippen LogP) is 3.77. The van der Waals surface area contributed by atoms with Gasteiger partial charge in [-0.1, -0.05) is 12.8 Å². The van der Waals surface area contributed by atoms with Crippen LogP contribution in [0.1, 0.15) is 25.0 Å². The van der Waals surface area contributed by atoms with E-state index in [1.807, 2.05) is 0 Å². The minimum Gasteiger partial charge on any atom is -0.370 e. The maximum absolute atomic E-state index is 13.0. The van der Waals surface area contributed by atoms with Crippen LogP contribution in [-0.4, -0.2) is 21.5 Å². The molecule has 1 aliphatic carbocycles. The summed E-state index contributed by atoms with van der Waals surface area (Å²) >= 11 is 0. The van der Waals surface area contributed by atoms with Gasteiger partial charge in [-0.3, -0.25) is 4.98 Å². The number of hydrogen-bond acceptors (Lipinski definition) is 4. The van der Waals surface area contributed by atoms with Gasteiger partial charge in [0.1, 0.15) is 5.82 Å². The van der Waals surface area contributed by atoms with E-state index in [9.17, 15) is 13.2 Å². The molecule has 0 unspecified atom stereocenters. The molecule has 7 heteroatoms. The van der Waals surface area contributed by atoms with Gasteiger partial charge in [0, 0.05) is 30.6 Å². The van der Waals surface area contributed by atoms with Crippen LogP contribution in [0.4, 0.5) is 19.0 Å². The molecule has 0 amide bonds. The third-order valence-electron chi connectivity index (χ3n) is 3.49. The number of rotatable bonds is 5. The summed E-state index contributed by atoms with van der Waals surface area (Å²) in [7, 11) is 0. The van der Waals surface area contributed by atoms with Crippen LogP contribution in [0.3, 0.4) is 0 Å². The first-order valence-corrected chi connectivity index (χ1v) is 7.13. The fourth-order valence-corrected chi connectivity index (χ4v) is 2.12. The highest BCUT2D eigenvalue weighted by atomic mass is 19.4. The van der Waals surface area contributed by atoms with Gasteiger partial charge in [-0.2, -0.15) is 13.2 Å². The Bertz CT molecular complexity index is 639. The van der Waals surface area contributed by atoms with Crippen molar-refractivity contribution in [1.82, 2.24) is 15.0 Å². The maximum Gasteiger partial charge on any atom is 0.433 e. The van der Waals surface area contributed by atoms with E-state index < -0.39 is 11.9 Å². The molecule has 0 atom stereocenters. The standard InChI is InChI=1S/C15H15F3N4/c16-15(17,18)12-8-13(20-7-5-10-3-4-10)22-14(21-12)11-2-1-6-19-9-11/h1-2,6,8-10H,3-5,7H2,(H,20,21,22). The van der Waals surface area contributed by atoms with Gasteiger partial charge in [0.15, 0.2) is 11.5 Å². The topological polar surface area (TPSA) is 50.7 Å². The smallest absolute Gasteiger partial charge is 0.370 e. The number of nitrogens with zero attached hydrogens (tertiary/aromatic N) is 3. The Morgan fingerprint density at radius 3 is 2.68 bits per heavy atom. The molecule has 1 aliphatic rings. The van der Waals surface area contributed by atoms with Crippen LogP contribution < -0.4 is 5.32 Å². The second kappa shape index (κ2) is 5.90. The van der Waals surface area contributed by atoms with E-state index in [0.717, 1.165) is 12.5 Å². The largest absolute Gasteiger partial charge is 0.433 e. The van der Waals surface area contributed by atoms with Gasteiger partial charge in [-0.05, 0) is 24.5 Å². The Balaban J connectivity index is 1.87. The summed E-state index contributed by atoms with van der Waals surface area (Å²) in [5.41, 5.74) is -0.492. The fraction of sp³-hybridized carbons (Fsp3) is 0.400. The number of anilines is 1. The van der Waals surface area contributed by atoms with Crippen molar-refractivity contribution < 1.29 is 13.2 Å². The second-order valence-electron chi connectivity index (χ2n) is 5.36. The van der Waals surface area contributed by atoms with E-state index in [1.54, 1.807) is 18.3 Å².